The van der Waals surface area contributed by atoms with Gasteiger partial charge in [0, 0.05) is 32.0 Å². The average Bonchev–Trinajstić information content (AvgIpc) is 3.09. The summed E-state index contributed by atoms with van der Waals surface area (Å²) in [6, 6.07) is 8.86. The SMILES string of the molecule is CCc1ccccc1CNC(=NC)NC1CCc2nc(C(C)C)nn2C1. The smallest absolute Gasteiger partial charge is 0.191 e. The Kier molecular flexibility index (Phi) is 5.91. The zero-order valence-corrected chi connectivity index (χ0v) is 16.3. The molecule has 0 amide bonds. The van der Waals surface area contributed by atoms with Crippen molar-refractivity contribution in [2.24, 2.45) is 4.99 Å². The fourth-order valence-electron chi connectivity index (χ4n) is 3.33. The molecule has 1 aromatic carbocycles. The molecule has 2 N–H and O–H groups in total. The number of rotatable bonds is 5. The molecule has 2 aromatic rings. The third-order valence-corrected chi connectivity index (χ3v) is 4.90. The lowest BCUT2D eigenvalue weighted by Gasteiger charge is -2.25. The summed E-state index contributed by atoms with van der Waals surface area (Å²) >= 11 is 0. The second-order valence-electron chi connectivity index (χ2n) is 7.15. The number of hydrogen-bond acceptors (Lipinski definition) is 3. The summed E-state index contributed by atoms with van der Waals surface area (Å²) in [6.07, 6.45) is 3.04. The molecule has 6 nitrogen and oxygen atoms in total. The first kappa shape index (κ1) is 18.4. The molecular weight excluding hydrogens is 324 g/mol. The largest absolute Gasteiger partial charge is 0.352 e. The van der Waals surface area contributed by atoms with Crippen molar-refractivity contribution < 1.29 is 0 Å². The maximum Gasteiger partial charge on any atom is 0.191 e. The maximum absolute atomic E-state index is 4.66. The number of nitrogens with one attached hydrogen (secondary N) is 2. The summed E-state index contributed by atoms with van der Waals surface area (Å²) in [5.74, 6) is 3.26. The number of guanidine groups is 1. The van der Waals surface area contributed by atoms with Gasteiger partial charge in [0.25, 0.3) is 0 Å². The van der Waals surface area contributed by atoms with Crippen LogP contribution in [0.15, 0.2) is 29.3 Å². The summed E-state index contributed by atoms with van der Waals surface area (Å²) < 4.78 is 2.05. The number of aliphatic imine (C=N–C) groups is 1. The average molecular weight is 355 g/mol. The topological polar surface area (TPSA) is 67.1 Å². The molecule has 0 spiro atoms. The first-order chi connectivity index (χ1) is 12.6. The van der Waals surface area contributed by atoms with Crippen LogP contribution in [0.5, 0.6) is 0 Å². The molecule has 0 bridgehead atoms. The minimum Gasteiger partial charge on any atom is -0.352 e. The van der Waals surface area contributed by atoms with Gasteiger partial charge in [0.1, 0.15) is 5.82 Å². The quantitative estimate of drug-likeness (QED) is 0.640. The highest BCUT2D eigenvalue weighted by atomic mass is 15.4. The summed E-state index contributed by atoms with van der Waals surface area (Å²) in [5.41, 5.74) is 2.70. The van der Waals surface area contributed by atoms with Crippen molar-refractivity contribution in [2.75, 3.05) is 7.05 Å². The van der Waals surface area contributed by atoms with Gasteiger partial charge in [-0.3, -0.25) is 4.99 Å². The van der Waals surface area contributed by atoms with Gasteiger partial charge < -0.3 is 10.6 Å². The van der Waals surface area contributed by atoms with E-state index in [2.05, 4.69) is 75.4 Å². The van der Waals surface area contributed by atoms with Crippen molar-refractivity contribution in [3.05, 3.63) is 47.0 Å². The zero-order chi connectivity index (χ0) is 18.5. The molecule has 26 heavy (non-hydrogen) atoms. The Labute approximate surface area is 156 Å². The molecular formula is C20H30N6. The molecule has 0 saturated heterocycles. The van der Waals surface area contributed by atoms with Crippen LogP contribution in [0, 0.1) is 0 Å². The van der Waals surface area contributed by atoms with Gasteiger partial charge >= 0.3 is 0 Å². The molecule has 140 valence electrons. The first-order valence-corrected chi connectivity index (χ1v) is 9.58. The van der Waals surface area contributed by atoms with Gasteiger partial charge in [-0.25, -0.2) is 9.67 Å². The fourth-order valence-corrected chi connectivity index (χ4v) is 3.33. The third-order valence-electron chi connectivity index (χ3n) is 4.90. The second kappa shape index (κ2) is 8.34. The molecule has 2 heterocycles. The summed E-state index contributed by atoms with van der Waals surface area (Å²) in [5, 5.41) is 11.6. The van der Waals surface area contributed by atoms with E-state index in [-0.39, 0.29) is 0 Å². The number of benzene rings is 1. The fraction of sp³-hybridized carbons (Fsp3) is 0.550. The van der Waals surface area contributed by atoms with Crippen molar-refractivity contribution in [2.45, 2.75) is 65.1 Å². The highest BCUT2D eigenvalue weighted by Crippen LogP contribution is 2.17. The molecule has 1 aromatic heterocycles. The Balaban J connectivity index is 1.58. The van der Waals surface area contributed by atoms with Crippen LogP contribution in [-0.4, -0.2) is 33.8 Å². The van der Waals surface area contributed by atoms with E-state index in [1.165, 1.54) is 11.1 Å². The Morgan fingerprint density at radius 1 is 1.31 bits per heavy atom. The van der Waals surface area contributed by atoms with Crippen molar-refractivity contribution in [1.29, 1.82) is 0 Å². The van der Waals surface area contributed by atoms with E-state index >= 15 is 0 Å². The van der Waals surface area contributed by atoms with E-state index in [1.54, 1.807) is 0 Å². The standard InChI is InChI=1S/C20H30N6/c1-5-15-8-6-7-9-16(15)12-22-20(21-4)23-17-10-11-18-24-19(14(2)3)25-26(18)13-17/h6-9,14,17H,5,10-13H2,1-4H3,(H2,21,22,23). The number of aryl methyl sites for hydroxylation is 2. The predicted molar refractivity (Wildman–Crippen MR) is 105 cm³/mol. The van der Waals surface area contributed by atoms with Gasteiger partial charge in [-0.1, -0.05) is 45.0 Å². The maximum atomic E-state index is 4.66. The Morgan fingerprint density at radius 2 is 2.08 bits per heavy atom. The molecule has 1 unspecified atom stereocenters. The molecule has 1 aliphatic heterocycles. The summed E-state index contributed by atoms with van der Waals surface area (Å²) in [6.45, 7) is 8.08. The van der Waals surface area contributed by atoms with E-state index < -0.39 is 0 Å². The monoisotopic (exact) mass is 354 g/mol. The molecule has 6 heteroatoms. The summed E-state index contributed by atoms with van der Waals surface area (Å²) in [4.78, 5) is 9.05. The van der Waals surface area contributed by atoms with Crippen LogP contribution in [0.4, 0.5) is 0 Å². The van der Waals surface area contributed by atoms with Gasteiger partial charge in [-0.05, 0) is 24.0 Å². The van der Waals surface area contributed by atoms with E-state index in [1.807, 2.05) is 7.05 Å². The molecule has 3 rings (SSSR count). The van der Waals surface area contributed by atoms with Crippen molar-refractivity contribution >= 4 is 5.96 Å². The van der Waals surface area contributed by atoms with E-state index in [0.29, 0.717) is 12.0 Å². The summed E-state index contributed by atoms with van der Waals surface area (Å²) in [7, 11) is 1.82. The Hall–Kier alpha value is -2.37. The van der Waals surface area contributed by atoms with E-state index in [4.69, 9.17) is 0 Å². The van der Waals surface area contributed by atoms with Crippen molar-refractivity contribution in [3.63, 3.8) is 0 Å². The number of nitrogens with zero attached hydrogens (tertiary/aromatic N) is 4. The van der Waals surface area contributed by atoms with Crippen LogP contribution in [-0.2, 0) is 25.9 Å². The van der Waals surface area contributed by atoms with Gasteiger partial charge in [0.05, 0.1) is 6.54 Å². The van der Waals surface area contributed by atoms with Crippen LogP contribution < -0.4 is 10.6 Å². The molecule has 0 saturated carbocycles. The molecule has 1 aliphatic rings. The third kappa shape index (κ3) is 4.23. The molecule has 0 radical (unpaired) electrons. The van der Waals surface area contributed by atoms with E-state index in [9.17, 15) is 0 Å². The van der Waals surface area contributed by atoms with Gasteiger partial charge in [-0.2, -0.15) is 5.10 Å². The highest BCUT2D eigenvalue weighted by molar-refractivity contribution is 5.80. The lowest BCUT2D eigenvalue weighted by molar-refractivity contribution is 0.391. The number of aromatic nitrogens is 3. The zero-order valence-electron chi connectivity index (χ0n) is 16.3. The predicted octanol–water partition coefficient (Wildman–Crippen LogP) is 2.64. The van der Waals surface area contributed by atoms with Gasteiger partial charge in [0.2, 0.25) is 0 Å². The van der Waals surface area contributed by atoms with Crippen LogP contribution in [0.2, 0.25) is 0 Å². The lowest BCUT2D eigenvalue weighted by atomic mass is 10.1. The first-order valence-electron chi connectivity index (χ1n) is 9.58. The van der Waals surface area contributed by atoms with Crippen LogP contribution in [0.25, 0.3) is 0 Å². The van der Waals surface area contributed by atoms with E-state index in [0.717, 1.165) is 50.0 Å². The lowest BCUT2D eigenvalue weighted by Crippen LogP contribution is -2.46. The Morgan fingerprint density at radius 3 is 2.77 bits per heavy atom. The van der Waals surface area contributed by atoms with Crippen LogP contribution >= 0.6 is 0 Å². The molecule has 0 aliphatic carbocycles. The van der Waals surface area contributed by atoms with Crippen LogP contribution in [0.1, 0.15) is 55.9 Å². The highest BCUT2D eigenvalue weighted by Gasteiger charge is 2.23. The Bertz CT molecular complexity index is 761. The van der Waals surface area contributed by atoms with Crippen LogP contribution in [0.3, 0.4) is 0 Å². The van der Waals surface area contributed by atoms with Gasteiger partial charge in [0.15, 0.2) is 11.8 Å². The van der Waals surface area contributed by atoms with Crippen molar-refractivity contribution in [1.82, 2.24) is 25.4 Å². The number of hydrogen-bond donors (Lipinski definition) is 2. The minimum absolute atomic E-state index is 0.317. The normalized spacial score (nSPS) is 17.3. The minimum atomic E-state index is 0.317. The molecule has 1 atom stereocenters. The second-order valence-corrected chi connectivity index (χ2v) is 7.15. The number of fused-ring (bicyclic) bond motifs is 1. The molecule has 0 fully saturated rings. The van der Waals surface area contributed by atoms with Gasteiger partial charge in [-0.15, -0.1) is 0 Å². The van der Waals surface area contributed by atoms with Crippen molar-refractivity contribution in [3.8, 4) is 0 Å².